The minimum atomic E-state index is 0.670. The predicted octanol–water partition coefficient (Wildman–Crippen LogP) is 1.39. The molecule has 1 rings (SSSR count). The van der Waals surface area contributed by atoms with Crippen LogP contribution in [0.1, 0.15) is 13.8 Å². The Morgan fingerprint density at radius 2 is 2.36 bits per heavy atom. The number of hydrogen-bond donors (Lipinski definition) is 2. The van der Waals surface area contributed by atoms with Crippen LogP contribution in [0.2, 0.25) is 0 Å². The van der Waals surface area contributed by atoms with Gasteiger partial charge in [-0.05, 0) is 26.1 Å². The van der Waals surface area contributed by atoms with Gasteiger partial charge in [-0.25, -0.2) is 5.10 Å². The minimum absolute atomic E-state index is 0.670. The monoisotopic (exact) mass is 172 g/mol. The maximum absolute atomic E-state index is 4.99. The molecule has 0 spiro atoms. The summed E-state index contributed by atoms with van der Waals surface area (Å²) in [6, 6.07) is 0. The third kappa shape index (κ3) is 1.59. The molecule has 1 heterocycles. The Bertz CT molecular complexity index is 274. The van der Waals surface area contributed by atoms with Gasteiger partial charge in [-0.3, -0.25) is 4.57 Å². The van der Waals surface area contributed by atoms with E-state index in [1.807, 2.05) is 18.4 Å². The topological polar surface area (TPSA) is 45.6 Å². The Morgan fingerprint density at radius 3 is 2.91 bits per heavy atom. The van der Waals surface area contributed by atoms with E-state index in [1.54, 1.807) is 0 Å². The van der Waals surface area contributed by atoms with Crippen LogP contribution in [-0.2, 0) is 6.54 Å². The van der Waals surface area contributed by atoms with Gasteiger partial charge in [0, 0.05) is 13.1 Å². The fraction of sp³-hybridized carbons (Fsp3) is 0.667. The van der Waals surface area contributed by atoms with Crippen molar-refractivity contribution >= 4 is 18.2 Å². The van der Waals surface area contributed by atoms with Crippen molar-refractivity contribution in [3.63, 3.8) is 0 Å². The number of nitrogens with zero attached hydrogens (tertiary/aromatic N) is 2. The van der Waals surface area contributed by atoms with Crippen LogP contribution in [0.5, 0.6) is 0 Å². The van der Waals surface area contributed by atoms with Crippen molar-refractivity contribution < 1.29 is 0 Å². The molecule has 0 aromatic carbocycles. The van der Waals surface area contributed by atoms with Crippen molar-refractivity contribution in [3.05, 3.63) is 4.77 Å². The second-order valence-electron chi connectivity index (χ2n) is 2.13. The maximum atomic E-state index is 4.99. The Morgan fingerprint density at radius 1 is 1.64 bits per heavy atom. The smallest absolute Gasteiger partial charge is 0.223 e. The van der Waals surface area contributed by atoms with Crippen LogP contribution in [0.25, 0.3) is 0 Å². The SMILES string of the molecule is CCNc1n[nH]c(=S)n1CC. The molecular weight excluding hydrogens is 160 g/mol. The molecule has 2 N–H and O–H groups in total. The lowest BCUT2D eigenvalue weighted by atomic mass is 10.7. The average Bonchev–Trinajstić information content (AvgIpc) is 2.33. The molecule has 0 unspecified atom stereocenters. The van der Waals surface area contributed by atoms with Crippen LogP contribution in [0, 0.1) is 4.77 Å². The standard InChI is InChI=1S/C6H12N4S/c1-3-7-5-8-9-6(11)10(5)4-2/h3-4H2,1-2H3,(H,7,8)(H,9,11). The molecule has 0 amide bonds. The van der Waals surface area contributed by atoms with Gasteiger partial charge in [-0.2, -0.15) is 0 Å². The zero-order valence-corrected chi connectivity index (χ0v) is 7.53. The summed E-state index contributed by atoms with van der Waals surface area (Å²) in [4.78, 5) is 0. The van der Waals surface area contributed by atoms with E-state index in [1.165, 1.54) is 0 Å². The van der Waals surface area contributed by atoms with E-state index in [-0.39, 0.29) is 0 Å². The lowest BCUT2D eigenvalue weighted by Gasteiger charge is -2.02. The number of aromatic amines is 1. The van der Waals surface area contributed by atoms with Gasteiger partial charge in [0.25, 0.3) is 0 Å². The van der Waals surface area contributed by atoms with Crippen molar-refractivity contribution in [1.82, 2.24) is 14.8 Å². The van der Waals surface area contributed by atoms with Gasteiger partial charge < -0.3 is 5.32 Å². The summed E-state index contributed by atoms with van der Waals surface area (Å²) >= 11 is 4.99. The molecule has 0 saturated carbocycles. The first-order valence-corrected chi connectivity index (χ1v) is 4.09. The summed E-state index contributed by atoms with van der Waals surface area (Å²) in [5.41, 5.74) is 0. The molecule has 0 aliphatic heterocycles. The van der Waals surface area contributed by atoms with Crippen LogP contribution in [0.3, 0.4) is 0 Å². The highest BCUT2D eigenvalue weighted by Crippen LogP contribution is 2.02. The lowest BCUT2D eigenvalue weighted by molar-refractivity contribution is 0.751. The van der Waals surface area contributed by atoms with Gasteiger partial charge in [0.15, 0.2) is 4.77 Å². The summed E-state index contributed by atoms with van der Waals surface area (Å²) in [6.45, 7) is 5.77. The van der Waals surface area contributed by atoms with Gasteiger partial charge in [-0.15, -0.1) is 5.10 Å². The lowest BCUT2D eigenvalue weighted by Crippen LogP contribution is -2.05. The molecule has 0 aliphatic carbocycles. The van der Waals surface area contributed by atoms with Gasteiger partial charge in [-0.1, -0.05) is 0 Å². The highest BCUT2D eigenvalue weighted by atomic mass is 32.1. The normalized spacial score (nSPS) is 10.0. The molecule has 0 radical (unpaired) electrons. The summed E-state index contributed by atoms with van der Waals surface area (Å²) in [5.74, 6) is 0.819. The molecule has 0 atom stereocenters. The third-order valence-corrected chi connectivity index (χ3v) is 1.72. The van der Waals surface area contributed by atoms with E-state index in [2.05, 4.69) is 15.5 Å². The minimum Gasteiger partial charge on any atom is -0.355 e. The molecule has 1 aromatic rings. The quantitative estimate of drug-likeness (QED) is 0.677. The number of aromatic nitrogens is 3. The highest BCUT2D eigenvalue weighted by Gasteiger charge is 2.00. The number of hydrogen-bond acceptors (Lipinski definition) is 3. The number of anilines is 1. The van der Waals surface area contributed by atoms with Crippen molar-refractivity contribution in [2.24, 2.45) is 0 Å². The second kappa shape index (κ2) is 3.52. The molecule has 0 aliphatic rings. The predicted molar refractivity (Wildman–Crippen MR) is 47.2 cm³/mol. The Hall–Kier alpha value is -0.840. The first kappa shape index (κ1) is 8.26. The van der Waals surface area contributed by atoms with E-state index >= 15 is 0 Å². The molecule has 5 heteroatoms. The summed E-state index contributed by atoms with van der Waals surface area (Å²) in [7, 11) is 0. The number of nitrogens with one attached hydrogen (secondary N) is 2. The molecule has 0 fully saturated rings. The molecule has 62 valence electrons. The zero-order chi connectivity index (χ0) is 8.27. The molecule has 4 nitrogen and oxygen atoms in total. The van der Waals surface area contributed by atoms with Gasteiger partial charge in [0.1, 0.15) is 0 Å². The summed E-state index contributed by atoms with van der Waals surface area (Å²) in [5, 5.41) is 9.84. The van der Waals surface area contributed by atoms with E-state index in [0.717, 1.165) is 19.0 Å². The Balaban J connectivity index is 2.96. The van der Waals surface area contributed by atoms with E-state index in [0.29, 0.717) is 4.77 Å². The zero-order valence-electron chi connectivity index (χ0n) is 6.72. The van der Waals surface area contributed by atoms with E-state index in [9.17, 15) is 0 Å². The Kier molecular flexibility index (Phi) is 2.64. The van der Waals surface area contributed by atoms with Gasteiger partial charge >= 0.3 is 0 Å². The summed E-state index contributed by atoms with van der Waals surface area (Å²) in [6.07, 6.45) is 0. The third-order valence-electron chi connectivity index (χ3n) is 1.41. The second-order valence-corrected chi connectivity index (χ2v) is 2.51. The molecule has 1 aromatic heterocycles. The van der Waals surface area contributed by atoms with Crippen LogP contribution in [0.4, 0.5) is 5.95 Å². The molecule has 11 heavy (non-hydrogen) atoms. The van der Waals surface area contributed by atoms with Crippen molar-refractivity contribution in [1.29, 1.82) is 0 Å². The first-order chi connectivity index (χ1) is 5.29. The average molecular weight is 172 g/mol. The first-order valence-electron chi connectivity index (χ1n) is 3.68. The summed E-state index contributed by atoms with van der Waals surface area (Å²) < 4.78 is 2.59. The van der Waals surface area contributed by atoms with Crippen molar-refractivity contribution in [3.8, 4) is 0 Å². The van der Waals surface area contributed by atoms with Crippen LogP contribution in [-0.4, -0.2) is 21.3 Å². The van der Waals surface area contributed by atoms with Crippen molar-refractivity contribution in [2.45, 2.75) is 20.4 Å². The molecule has 0 saturated heterocycles. The number of rotatable bonds is 3. The maximum Gasteiger partial charge on any atom is 0.223 e. The Labute approximate surface area is 70.6 Å². The molecular formula is C6H12N4S. The fourth-order valence-electron chi connectivity index (χ4n) is 0.904. The van der Waals surface area contributed by atoms with Crippen LogP contribution in [0.15, 0.2) is 0 Å². The van der Waals surface area contributed by atoms with E-state index < -0.39 is 0 Å². The van der Waals surface area contributed by atoms with E-state index in [4.69, 9.17) is 12.2 Å². The largest absolute Gasteiger partial charge is 0.355 e. The van der Waals surface area contributed by atoms with Crippen LogP contribution >= 0.6 is 12.2 Å². The van der Waals surface area contributed by atoms with Gasteiger partial charge in [0.05, 0.1) is 0 Å². The number of H-pyrrole nitrogens is 1. The van der Waals surface area contributed by atoms with Gasteiger partial charge in [0.2, 0.25) is 5.95 Å². The van der Waals surface area contributed by atoms with Crippen molar-refractivity contribution in [2.75, 3.05) is 11.9 Å². The molecule has 0 bridgehead atoms. The highest BCUT2D eigenvalue weighted by molar-refractivity contribution is 7.71. The van der Waals surface area contributed by atoms with Crippen LogP contribution < -0.4 is 5.32 Å². The fourth-order valence-corrected chi connectivity index (χ4v) is 1.17.